The molecule has 11 unspecified atom stereocenters. The van der Waals surface area contributed by atoms with Gasteiger partial charge in [0.1, 0.15) is 73.4 Å². The molecule has 0 aromatic heterocycles. The van der Waals surface area contributed by atoms with Crippen LogP contribution < -0.4 is 40.1 Å². The first-order valence-electron chi connectivity index (χ1n) is 21.0. The minimum absolute atomic E-state index is 0.148. The molecule has 3 aromatic rings. The Labute approximate surface area is 361 Å². The summed E-state index contributed by atoms with van der Waals surface area (Å²) in [5.74, 6) is 5.66. The number of aliphatic hydroxyl groups is 3. The van der Waals surface area contributed by atoms with Gasteiger partial charge in [0.05, 0.1) is 31.7 Å². The molecule has 1 fully saturated rings. The molecular weight excluding hydrogens is 817 g/mol. The van der Waals surface area contributed by atoms with Gasteiger partial charge in [-0.15, -0.1) is 0 Å². The number of fused-ring (bicyclic) bond motifs is 5. The van der Waals surface area contributed by atoms with Crippen LogP contribution in [0.3, 0.4) is 0 Å². The molecule has 9 N–H and O–H groups in total. The lowest BCUT2D eigenvalue weighted by atomic mass is 9.75. The van der Waals surface area contributed by atoms with E-state index in [9.17, 15) is 30.0 Å². The van der Waals surface area contributed by atoms with Crippen molar-refractivity contribution < 1.29 is 68.1 Å². The van der Waals surface area contributed by atoms with Crippen LogP contribution in [0.25, 0.3) is 0 Å². The second-order valence-corrected chi connectivity index (χ2v) is 16.8. The first-order chi connectivity index (χ1) is 30.4. The summed E-state index contributed by atoms with van der Waals surface area (Å²) in [5.41, 5.74) is 15.9. The van der Waals surface area contributed by atoms with Gasteiger partial charge in [-0.05, 0) is 30.5 Å². The lowest BCUT2D eigenvalue weighted by Gasteiger charge is -2.48. The fourth-order valence-corrected chi connectivity index (χ4v) is 10.1. The zero-order chi connectivity index (χ0) is 43.7. The summed E-state index contributed by atoms with van der Waals surface area (Å²) < 4.78 is 44.7. The molecule has 328 valence electrons. The Kier molecular flexibility index (Phi) is 10.4. The van der Waals surface area contributed by atoms with Crippen LogP contribution >= 0.6 is 0 Å². The van der Waals surface area contributed by atoms with Crippen molar-refractivity contribution in [2.75, 3.05) is 20.3 Å². The molecule has 3 aromatic carbocycles. The van der Waals surface area contributed by atoms with Crippen LogP contribution in [0.1, 0.15) is 65.0 Å². The third kappa shape index (κ3) is 6.98. The molecule has 0 spiro atoms. The maximum absolute atomic E-state index is 12.5. The molecule has 7 heterocycles. The summed E-state index contributed by atoms with van der Waals surface area (Å²) in [7, 11) is 1.58. The number of carbonyl (C=O) groups excluding carboxylic acids is 1. The molecule has 10 rings (SSSR count). The Hall–Kier alpha value is -5.97. The number of carbonyl (C=O) groups is 2. The van der Waals surface area contributed by atoms with E-state index < -0.39 is 79.0 Å². The minimum Gasteiger partial charge on any atom is -0.493 e. The highest BCUT2D eigenvalue weighted by Gasteiger charge is 2.60. The number of allylic oxidation sites excluding steroid dienone is 1. The predicted molar refractivity (Wildman–Crippen MR) is 220 cm³/mol. The zero-order valence-electron chi connectivity index (χ0n) is 34.1. The van der Waals surface area contributed by atoms with Crippen LogP contribution in [0.5, 0.6) is 28.7 Å². The van der Waals surface area contributed by atoms with E-state index in [1.54, 1.807) is 19.4 Å². The van der Waals surface area contributed by atoms with E-state index in [1.165, 1.54) is 0 Å². The van der Waals surface area contributed by atoms with E-state index >= 15 is 0 Å². The molecular formula is C46H47N4O13+. The summed E-state index contributed by atoms with van der Waals surface area (Å²) in [6, 6.07) is 15.6. The van der Waals surface area contributed by atoms with E-state index in [2.05, 4.69) is 23.0 Å². The van der Waals surface area contributed by atoms with Gasteiger partial charge in [0.2, 0.25) is 12.0 Å². The number of nitrogens with two attached hydrogens (primary N) is 2. The summed E-state index contributed by atoms with van der Waals surface area (Å²) in [5, 5.41) is 44.6. The van der Waals surface area contributed by atoms with Gasteiger partial charge in [0, 0.05) is 46.5 Å². The van der Waals surface area contributed by atoms with Gasteiger partial charge in [0.15, 0.2) is 23.2 Å². The van der Waals surface area contributed by atoms with Crippen molar-refractivity contribution in [3.63, 3.8) is 0 Å². The van der Waals surface area contributed by atoms with E-state index in [0.717, 1.165) is 38.4 Å². The van der Waals surface area contributed by atoms with Crippen molar-refractivity contribution in [2.24, 2.45) is 16.5 Å². The first kappa shape index (κ1) is 41.1. The molecule has 0 aliphatic carbocycles. The Morgan fingerprint density at radius 1 is 1.08 bits per heavy atom. The molecule has 7 aliphatic heterocycles. The standard InChI is InChI=1S/C46H46N4O13/c1-57-29-11-10-26-35-37-24(22-7-3-2-4-8-22)9-5-6-16-58-39(29)38(26)62-40(35)34-27(20-50-19-23-13-15-49-28(23)21-50)25-12-14-46(56)43(55)36(54)41(42(44(47)48)61-33(53)18-32(51)52)63-45(46)60-30(25)17-31(34)59-37/h2-4,7-8,10-11,13,15,17,21,24,35-37,40-45,54-56H,6,12,14,16,18-20,47-48H2,1H3,(H,51,52)/p+1. The molecule has 0 amide bonds. The third-order valence-corrected chi connectivity index (χ3v) is 13.0. The molecule has 1 saturated heterocycles. The van der Waals surface area contributed by atoms with E-state index in [0.29, 0.717) is 54.7 Å². The molecule has 17 nitrogen and oxygen atoms in total. The van der Waals surface area contributed by atoms with Crippen molar-refractivity contribution in [2.45, 2.75) is 98.7 Å². The molecule has 11 atom stereocenters. The maximum Gasteiger partial charge on any atom is 0.317 e. The van der Waals surface area contributed by atoms with Crippen molar-refractivity contribution >= 4 is 18.2 Å². The van der Waals surface area contributed by atoms with Crippen molar-refractivity contribution in [1.29, 1.82) is 0 Å². The van der Waals surface area contributed by atoms with Crippen LogP contribution in [0.2, 0.25) is 0 Å². The highest BCUT2D eigenvalue weighted by molar-refractivity contribution is 5.90. The normalized spacial score (nSPS) is 30.9. The molecule has 4 bridgehead atoms. The molecule has 63 heavy (non-hydrogen) atoms. The summed E-state index contributed by atoms with van der Waals surface area (Å²) in [6.07, 6.45) is -6.19. The average molecular weight is 864 g/mol. The number of carboxylic acid groups (broad SMARTS) is 1. The van der Waals surface area contributed by atoms with Gasteiger partial charge in [-0.1, -0.05) is 48.2 Å². The number of benzene rings is 3. The first-order valence-corrected chi connectivity index (χ1v) is 21.0. The van der Waals surface area contributed by atoms with Crippen molar-refractivity contribution in [1.82, 2.24) is 0 Å². The number of esters is 1. The number of hydrogen-bond acceptors (Lipinski definition) is 15. The Bertz CT molecular complexity index is 2520. The zero-order valence-corrected chi connectivity index (χ0v) is 34.1. The summed E-state index contributed by atoms with van der Waals surface area (Å²) >= 11 is 0. The Morgan fingerprint density at radius 2 is 1.90 bits per heavy atom. The number of methoxy groups -OCH3 is 1. The SMILES string of the molecule is COc1ccc2c3c1OCCC#CC(c1ccccc1)C1Oc4cc5c(c(C[NH+]6C=C7N=CC=C7C6)c4C(O3)C21)CCC1(O)C(O5)OC(C(OC(=O)CC(=O)O)C(N)N)C(O)C1O. The second kappa shape index (κ2) is 16.0. The lowest BCUT2D eigenvalue weighted by Crippen LogP contribution is -3.05. The Balaban J connectivity index is 1.12. The molecule has 0 saturated carbocycles. The van der Waals surface area contributed by atoms with E-state index in [1.807, 2.05) is 48.5 Å². The number of nitrogens with zero attached hydrogens (tertiary/aromatic N) is 1. The van der Waals surface area contributed by atoms with Crippen molar-refractivity contribution in [3.8, 4) is 40.6 Å². The van der Waals surface area contributed by atoms with Gasteiger partial charge in [-0.2, -0.15) is 0 Å². The summed E-state index contributed by atoms with van der Waals surface area (Å²) in [4.78, 5) is 29.4. The van der Waals surface area contributed by atoms with Gasteiger partial charge >= 0.3 is 11.9 Å². The Morgan fingerprint density at radius 3 is 2.67 bits per heavy atom. The lowest BCUT2D eigenvalue weighted by molar-refractivity contribution is -0.851. The maximum atomic E-state index is 12.5. The number of nitrogens with one attached hydrogen (secondary N) is 1. The average Bonchev–Trinajstić information content (AvgIpc) is 3.95. The van der Waals surface area contributed by atoms with Crippen LogP contribution in [0, 0.1) is 11.8 Å². The van der Waals surface area contributed by atoms with E-state index in [-0.39, 0.29) is 24.5 Å². The third-order valence-electron chi connectivity index (χ3n) is 13.0. The van der Waals surface area contributed by atoms with Crippen LogP contribution in [-0.4, -0.2) is 107 Å². The van der Waals surface area contributed by atoms with Crippen molar-refractivity contribution in [3.05, 3.63) is 99.9 Å². The van der Waals surface area contributed by atoms with Gasteiger partial charge in [-0.3, -0.25) is 19.5 Å². The van der Waals surface area contributed by atoms with Crippen LogP contribution in [0.4, 0.5) is 0 Å². The quantitative estimate of drug-likeness (QED) is 0.0675. The topological polar surface area (TPSA) is 249 Å². The number of ether oxygens (including phenoxy) is 7. The molecule has 17 heteroatoms. The van der Waals surface area contributed by atoms with Gasteiger partial charge in [0.25, 0.3) is 0 Å². The van der Waals surface area contributed by atoms with Crippen LogP contribution in [-0.2, 0) is 32.0 Å². The smallest absolute Gasteiger partial charge is 0.317 e. The number of aliphatic hydroxyl groups excluding tert-OH is 2. The highest BCUT2D eigenvalue weighted by atomic mass is 16.7. The molecule has 7 aliphatic rings. The van der Waals surface area contributed by atoms with Gasteiger partial charge in [-0.25, -0.2) is 0 Å². The van der Waals surface area contributed by atoms with Crippen LogP contribution in [0.15, 0.2) is 77.1 Å². The second-order valence-electron chi connectivity index (χ2n) is 16.8. The van der Waals surface area contributed by atoms with E-state index in [4.69, 9.17) is 44.6 Å². The number of aliphatic imine (C=N–C) groups is 1. The van der Waals surface area contributed by atoms with Gasteiger partial charge < -0.3 is 65.1 Å². The highest BCUT2D eigenvalue weighted by Crippen LogP contribution is 2.61. The predicted octanol–water partition coefficient (Wildman–Crippen LogP) is 0.627. The number of carboxylic acids is 1. The number of quaternary nitrogens is 1. The molecule has 0 radical (unpaired) electrons. The number of hydrogen-bond donors (Lipinski definition) is 7. The monoisotopic (exact) mass is 863 g/mol. The fraction of sp³-hybridized carbons (Fsp3) is 0.413. The summed E-state index contributed by atoms with van der Waals surface area (Å²) in [6.45, 7) is 1.37. The fourth-order valence-electron chi connectivity index (χ4n) is 10.1. The number of aliphatic carboxylic acids is 1. The number of rotatable bonds is 9. The minimum atomic E-state index is -2.21. The largest absolute Gasteiger partial charge is 0.493 e.